The van der Waals surface area contributed by atoms with Gasteiger partial charge in [0.1, 0.15) is 10.7 Å². The van der Waals surface area contributed by atoms with Crippen molar-refractivity contribution in [3.05, 3.63) is 88.0 Å². The molecule has 0 radical (unpaired) electrons. The predicted octanol–water partition coefficient (Wildman–Crippen LogP) is 3.95. The Hall–Kier alpha value is -3.84. The maximum absolute atomic E-state index is 12.7. The van der Waals surface area contributed by atoms with Crippen molar-refractivity contribution in [3.63, 3.8) is 0 Å². The number of nitrogens with one attached hydrogen (secondary N) is 2. The van der Waals surface area contributed by atoms with Gasteiger partial charge in [-0.25, -0.2) is 4.99 Å². The summed E-state index contributed by atoms with van der Waals surface area (Å²) in [5.41, 5.74) is 1.42. The van der Waals surface area contributed by atoms with Gasteiger partial charge in [0.25, 0.3) is 5.91 Å². The van der Waals surface area contributed by atoms with E-state index in [1.165, 1.54) is 12.4 Å². The zero-order valence-corrected chi connectivity index (χ0v) is 16.7. The third-order valence-corrected chi connectivity index (χ3v) is 4.56. The van der Waals surface area contributed by atoms with E-state index in [-0.39, 0.29) is 33.5 Å². The highest BCUT2D eigenvalue weighted by Gasteiger charge is 2.31. The van der Waals surface area contributed by atoms with E-state index in [2.05, 4.69) is 27.3 Å². The number of fused-ring (bicyclic) bond motifs is 1. The van der Waals surface area contributed by atoms with Crippen molar-refractivity contribution in [3.8, 4) is 0 Å². The fourth-order valence-electron chi connectivity index (χ4n) is 2.82. The lowest BCUT2D eigenvalue weighted by atomic mass is 9.92. The van der Waals surface area contributed by atoms with E-state index in [4.69, 9.17) is 11.6 Å². The number of hydrogen-bond donors (Lipinski definition) is 2. The quantitative estimate of drug-likeness (QED) is 0.691. The van der Waals surface area contributed by atoms with Gasteiger partial charge in [-0.1, -0.05) is 35.9 Å². The molecule has 0 unspecified atom stereocenters. The van der Waals surface area contributed by atoms with E-state index < -0.39 is 11.7 Å². The minimum absolute atomic E-state index is 0.00266. The molecule has 0 spiro atoms. The van der Waals surface area contributed by atoms with E-state index in [1.54, 1.807) is 55.5 Å². The summed E-state index contributed by atoms with van der Waals surface area (Å²) in [5, 5.41) is 5.32. The molecule has 2 aromatic carbocycles. The first kappa shape index (κ1) is 20.9. The van der Waals surface area contributed by atoms with Gasteiger partial charge in [0.15, 0.2) is 5.82 Å². The van der Waals surface area contributed by atoms with Crippen molar-refractivity contribution < 1.29 is 14.4 Å². The maximum Gasteiger partial charge on any atom is 0.256 e. The molecule has 2 aromatic rings. The molecule has 0 heterocycles. The van der Waals surface area contributed by atoms with Crippen LogP contribution in [0.25, 0.3) is 0 Å². The zero-order chi connectivity index (χ0) is 21.7. The largest absolute Gasteiger partial charge is 0.351 e. The van der Waals surface area contributed by atoms with Crippen LogP contribution in [-0.4, -0.2) is 30.4 Å². The molecule has 30 heavy (non-hydrogen) atoms. The van der Waals surface area contributed by atoms with Crippen LogP contribution in [0.4, 0.5) is 5.69 Å². The van der Waals surface area contributed by atoms with Gasteiger partial charge in [-0.3, -0.25) is 19.4 Å². The molecular weight excluding hydrogens is 404 g/mol. The molecule has 0 aromatic heterocycles. The number of nitrogens with zero attached hydrogens (tertiary/aromatic N) is 2. The number of hydrogen-bond acceptors (Lipinski definition) is 6. The van der Waals surface area contributed by atoms with Crippen molar-refractivity contribution in [1.82, 2.24) is 5.32 Å². The number of amides is 1. The Kier molecular flexibility index (Phi) is 6.34. The molecule has 0 bridgehead atoms. The Bertz CT molecular complexity index is 1130. The first-order valence-electron chi connectivity index (χ1n) is 8.87. The van der Waals surface area contributed by atoms with E-state index in [0.29, 0.717) is 11.3 Å². The molecule has 0 aliphatic heterocycles. The van der Waals surface area contributed by atoms with Gasteiger partial charge in [0, 0.05) is 28.6 Å². The molecule has 0 fully saturated rings. The molecule has 8 heteroatoms. The Morgan fingerprint density at radius 1 is 1.03 bits per heavy atom. The van der Waals surface area contributed by atoms with E-state index in [1.807, 2.05) is 0 Å². The molecule has 0 atom stereocenters. The second-order valence-corrected chi connectivity index (χ2v) is 6.51. The Labute approximate surface area is 177 Å². The predicted molar refractivity (Wildman–Crippen MR) is 117 cm³/mol. The van der Waals surface area contributed by atoms with Crippen LogP contribution in [0.5, 0.6) is 0 Å². The summed E-state index contributed by atoms with van der Waals surface area (Å²) < 4.78 is 0. The van der Waals surface area contributed by atoms with Crippen LogP contribution in [0, 0.1) is 0 Å². The fraction of sp³-hybridized carbons (Fsp3) is 0.0455. The number of aliphatic imine (C=N–C) groups is 2. The number of carbonyl (C=O) groups excluding carboxylic acids is 3. The normalized spacial score (nSPS) is 14.0. The summed E-state index contributed by atoms with van der Waals surface area (Å²) in [7, 11) is 0. The SMILES string of the molecule is C=N/C=C(\N=CC)NC(=O)c1ccc(NC2=C(Cl)C(=O)c3ccccc3C2=O)cc1. The van der Waals surface area contributed by atoms with Crippen molar-refractivity contribution >= 4 is 47.7 Å². The molecule has 7 nitrogen and oxygen atoms in total. The molecule has 1 aliphatic rings. The summed E-state index contributed by atoms with van der Waals surface area (Å²) in [4.78, 5) is 45.1. The van der Waals surface area contributed by atoms with E-state index in [9.17, 15) is 14.4 Å². The summed E-state index contributed by atoms with van der Waals surface area (Å²) >= 11 is 6.15. The average molecular weight is 421 g/mol. The number of benzene rings is 2. The van der Waals surface area contributed by atoms with Gasteiger partial charge in [-0.15, -0.1) is 0 Å². The highest BCUT2D eigenvalue weighted by atomic mass is 35.5. The smallest absolute Gasteiger partial charge is 0.256 e. The van der Waals surface area contributed by atoms with Crippen LogP contribution < -0.4 is 10.6 Å². The number of Topliss-reactive ketones (excluding diaryl/α,β-unsaturated/α-hetero) is 2. The van der Waals surface area contributed by atoms with Crippen molar-refractivity contribution in [2.45, 2.75) is 6.92 Å². The first-order chi connectivity index (χ1) is 14.5. The molecule has 1 aliphatic carbocycles. The lowest BCUT2D eigenvalue weighted by Crippen LogP contribution is -2.24. The maximum atomic E-state index is 12.7. The van der Waals surface area contributed by atoms with Crippen LogP contribution in [0.15, 0.2) is 81.3 Å². The second-order valence-electron chi connectivity index (χ2n) is 6.13. The monoisotopic (exact) mass is 420 g/mol. The molecule has 0 saturated heterocycles. The van der Waals surface area contributed by atoms with E-state index >= 15 is 0 Å². The summed E-state index contributed by atoms with van der Waals surface area (Å²) in [6.45, 7) is 5.04. The number of carbonyl (C=O) groups is 3. The van der Waals surface area contributed by atoms with Crippen LogP contribution >= 0.6 is 11.6 Å². The van der Waals surface area contributed by atoms with Crippen molar-refractivity contribution in [2.24, 2.45) is 9.98 Å². The average Bonchev–Trinajstić information content (AvgIpc) is 2.76. The highest BCUT2D eigenvalue weighted by molar-refractivity contribution is 6.50. The Balaban J connectivity index is 1.79. The summed E-state index contributed by atoms with van der Waals surface area (Å²) in [6.07, 6.45) is 2.84. The molecule has 3 rings (SSSR count). The zero-order valence-electron chi connectivity index (χ0n) is 16.0. The van der Waals surface area contributed by atoms with Crippen molar-refractivity contribution in [1.29, 1.82) is 0 Å². The second kappa shape index (κ2) is 9.11. The van der Waals surface area contributed by atoms with Crippen LogP contribution in [-0.2, 0) is 0 Å². The van der Waals surface area contributed by atoms with Gasteiger partial charge >= 0.3 is 0 Å². The van der Waals surface area contributed by atoms with Gasteiger partial charge in [0.05, 0.1) is 6.20 Å². The summed E-state index contributed by atoms with van der Waals surface area (Å²) in [5.74, 6) is -0.933. The van der Waals surface area contributed by atoms with Gasteiger partial charge < -0.3 is 10.6 Å². The number of halogens is 1. The molecular formula is C22H17ClN4O3. The van der Waals surface area contributed by atoms with Gasteiger partial charge in [-0.2, -0.15) is 0 Å². The molecule has 150 valence electrons. The Morgan fingerprint density at radius 3 is 2.27 bits per heavy atom. The first-order valence-corrected chi connectivity index (χ1v) is 9.25. The lowest BCUT2D eigenvalue weighted by molar-refractivity contribution is 0.0964. The number of rotatable bonds is 6. The number of ketones is 2. The van der Waals surface area contributed by atoms with Crippen LogP contribution in [0.3, 0.4) is 0 Å². The van der Waals surface area contributed by atoms with Crippen LogP contribution in [0.1, 0.15) is 38.0 Å². The summed E-state index contributed by atoms with van der Waals surface area (Å²) in [6, 6.07) is 12.8. The molecule has 1 amide bonds. The minimum Gasteiger partial charge on any atom is -0.351 e. The van der Waals surface area contributed by atoms with Crippen molar-refractivity contribution in [2.75, 3.05) is 5.32 Å². The molecule has 0 saturated carbocycles. The third-order valence-electron chi connectivity index (χ3n) is 4.20. The lowest BCUT2D eigenvalue weighted by Gasteiger charge is -2.19. The number of anilines is 1. The topological polar surface area (TPSA) is 100.0 Å². The van der Waals surface area contributed by atoms with E-state index in [0.717, 1.165) is 0 Å². The van der Waals surface area contributed by atoms with Gasteiger partial charge in [-0.05, 0) is 37.9 Å². The molecule has 2 N–H and O–H groups in total. The fourth-order valence-corrected chi connectivity index (χ4v) is 3.05. The van der Waals surface area contributed by atoms with Gasteiger partial charge in [0.2, 0.25) is 11.6 Å². The number of allylic oxidation sites excluding steroid dienone is 2. The van der Waals surface area contributed by atoms with Crippen LogP contribution in [0.2, 0.25) is 0 Å². The third kappa shape index (κ3) is 4.26. The minimum atomic E-state index is -0.419. The highest BCUT2D eigenvalue weighted by Crippen LogP contribution is 2.29. The standard InChI is InChI=1S/C22H17ClN4O3/c1-3-25-17(12-24-2)27-22(30)13-8-10-14(11-9-13)26-19-18(23)20(28)15-6-4-5-7-16(15)21(19)29/h3-12,26H,2H2,1H3,(H,27,30)/b17-12+,25-3?. The Morgan fingerprint density at radius 2 is 1.67 bits per heavy atom.